The van der Waals surface area contributed by atoms with Gasteiger partial charge in [0.25, 0.3) is 0 Å². The zero-order valence-corrected chi connectivity index (χ0v) is 11.9. The van der Waals surface area contributed by atoms with Crippen LogP contribution in [0.3, 0.4) is 0 Å². The highest BCUT2D eigenvalue weighted by molar-refractivity contribution is 9.10. The van der Waals surface area contributed by atoms with Crippen molar-refractivity contribution < 1.29 is 0 Å². The lowest BCUT2D eigenvalue weighted by atomic mass is 9.75. The molecule has 0 unspecified atom stereocenters. The van der Waals surface area contributed by atoms with Crippen LogP contribution in [0.15, 0.2) is 22.7 Å². The number of hydrogen-bond donors (Lipinski definition) is 0. The van der Waals surface area contributed by atoms with Crippen molar-refractivity contribution in [1.29, 1.82) is 5.26 Å². The van der Waals surface area contributed by atoms with Crippen LogP contribution in [0.4, 0.5) is 5.69 Å². The van der Waals surface area contributed by atoms with Crippen molar-refractivity contribution in [3.05, 3.63) is 28.2 Å². The molecule has 1 heterocycles. The Morgan fingerprint density at radius 2 is 2.00 bits per heavy atom. The second-order valence-corrected chi connectivity index (χ2v) is 5.75. The molecule has 0 bridgehead atoms. The summed E-state index contributed by atoms with van der Waals surface area (Å²) in [5.41, 5.74) is 2.31. The fraction of sp³-hybridized carbons (Fsp3) is 0.500. The van der Waals surface area contributed by atoms with E-state index in [1.807, 2.05) is 18.2 Å². The Morgan fingerprint density at radius 3 is 2.53 bits per heavy atom. The first-order valence-corrected chi connectivity index (χ1v) is 6.88. The minimum absolute atomic E-state index is 0.472. The second-order valence-electron chi connectivity index (χ2n) is 4.84. The average molecular weight is 293 g/mol. The van der Waals surface area contributed by atoms with E-state index in [9.17, 15) is 0 Å². The van der Waals surface area contributed by atoms with Crippen LogP contribution in [0.25, 0.3) is 0 Å². The van der Waals surface area contributed by atoms with Gasteiger partial charge in [-0.1, -0.05) is 29.8 Å². The highest BCUT2D eigenvalue weighted by Crippen LogP contribution is 2.41. The molecule has 1 aliphatic rings. The van der Waals surface area contributed by atoms with E-state index in [-0.39, 0.29) is 0 Å². The molecule has 0 atom stereocenters. The van der Waals surface area contributed by atoms with E-state index in [1.54, 1.807) is 0 Å². The Kier molecular flexibility index (Phi) is 3.44. The maximum absolute atomic E-state index is 9.16. The molecule has 0 spiro atoms. The molecule has 1 fully saturated rings. The van der Waals surface area contributed by atoms with Crippen LogP contribution in [-0.4, -0.2) is 13.1 Å². The summed E-state index contributed by atoms with van der Waals surface area (Å²) < 4.78 is 0.968. The number of halogens is 1. The summed E-state index contributed by atoms with van der Waals surface area (Å²) >= 11 is 3.41. The Labute approximate surface area is 111 Å². The number of rotatable bonds is 3. The zero-order chi connectivity index (χ0) is 12.5. The standard InChI is InChI=1S/C14H17BrN2/c1-3-14(4-2)9-17(10-14)13-6-5-12(15)7-11(13)8-16/h5-7H,3-4,9-10H2,1-2H3. The van der Waals surface area contributed by atoms with Crippen LogP contribution in [0.2, 0.25) is 0 Å². The molecule has 1 aromatic carbocycles. The van der Waals surface area contributed by atoms with E-state index in [0.717, 1.165) is 28.8 Å². The summed E-state index contributed by atoms with van der Waals surface area (Å²) in [6.07, 6.45) is 2.44. The van der Waals surface area contributed by atoms with Gasteiger partial charge in [0.15, 0.2) is 0 Å². The molecule has 3 heteroatoms. The number of nitrogens with zero attached hydrogens (tertiary/aromatic N) is 2. The third-order valence-corrected chi connectivity index (χ3v) is 4.47. The van der Waals surface area contributed by atoms with Gasteiger partial charge in [0.05, 0.1) is 11.3 Å². The average Bonchev–Trinajstić information content (AvgIpc) is 2.30. The van der Waals surface area contributed by atoms with Crippen molar-refractivity contribution in [1.82, 2.24) is 0 Å². The van der Waals surface area contributed by atoms with Crippen LogP contribution in [0, 0.1) is 16.7 Å². The van der Waals surface area contributed by atoms with Gasteiger partial charge in [0, 0.05) is 23.0 Å². The van der Waals surface area contributed by atoms with Crippen molar-refractivity contribution in [2.45, 2.75) is 26.7 Å². The summed E-state index contributed by atoms with van der Waals surface area (Å²) in [6.45, 7) is 6.67. The summed E-state index contributed by atoms with van der Waals surface area (Å²) in [4.78, 5) is 2.32. The summed E-state index contributed by atoms with van der Waals surface area (Å²) in [6, 6.07) is 8.22. The topological polar surface area (TPSA) is 27.0 Å². The quantitative estimate of drug-likeness (QED) is 0.843. The van der Waals surface area contributed by atoms with Gasteiger partial charge in [-0.25, -0.2) is 0 Å². The number of hydrogen-bond acceptors (Lipinski definition) is 2. The molecule has 2 nitrogen and oxygen atoms in total. The molecule has 17 heavy (non-hydrogen) atoms. The lowest BCUT2D eigenvalue weighted by Gasteiger charge is -2.51. The van der Waals surface area contributed by atoms with Crippen molar-refractivity contribution in [2.24, 2.45) is 5.41 Å². The molecule has 90 valence electrons. The molecule has 0 aliphatic carbocycles. The third kappa shape index (κ3) is 2.19. The molecule has 1 saturated heterocycles. The van der Waals surface area contributed by atoms with Gasteiger partial charge in [-0.2, -0.15) is 5.26 Å². The highest BCUT2D eigenvalue weighted by Gasteiger charge is 2.40. The minimum Gasteiger partial charge on any atom is -0.369 e. The summed E-state index contributed by atoms with van der Waals surface area (Å²) in [5, 5.41) is 9.16. The summed E-state index contributed by atoms with van der Waals surface area (Å²) in [7, 11) is 0. The summed E-state index contributed by atoms with van der Waals surface area (Å²) in [5.74, 6) is 0. The second kappa shape index (κ2) is 4.70. The van der Waals surface area contributed by atoms with Crippen LogP contribution >= 0.6 is 15.9 Å². The predicted octanol–water partition coefficient (Wildman–Crippen LogP) is 3.95. The predicted molar refractivity (Wildman–Crippen MR) is 74.1 cm³/mol. The smallest absolute Gasteiger partial charge is 0.101 e. The highest BCUT2D eigenvalue weighted by atomic mass is 79.9. The van der Waals surface area contributed by atoms with Gasteiger partial charge in [-0.15, -0.1) is 0 Å². The van der Waals surface area contributed by atoms with E-state index < -0.39 is 0 Å². The van der Waals surface area contributed by atoms with Crippen molar-refractivity contribution in [2.75, 3.05) is 18.0 Å². The van der Waals surface area contributed by atoms with Gasteiger partial charge in [-0.05, 0) is 31.0 Å². The maximum atomic E-state index is 9.16. The van der Waals surface area contributed by atoms with E-state index in [2.05, 4.69) is 40.7 Å². The Balaban J connectivity index is 2.19. The maximum Gasteiger partial charge on any atom is 0.101 e. The van der Waals surface area contributed by atoms with Crippen molar-refractivity contribution in [3.8, 4) is 6.07 Å². The molecule has 1 aliphatic heterocycles. The molecule has 0 aromatic heterocycles. The van der Waals surface area contributed by atoms with Crippen molar-refractivity contribution in [3.63, 3.8) is 0 Å². The Morgan fingerprint density at radius 1 is 1.35 bits per heavy atom. The van der Waals surface area contributed by atoms with Gasteiger partial charge < -0.3 is 4.90 Å². The van der Waals surface area contributed by atoms with Crippen molar-refractivity contribution >= 4 is 21.6 Å². The van der Waals surface area contributed by atoms with Crippen LogP contribution in [0.5, 0.6) is 0 Å². The normalized spacial score (nSPS) is 17.4. The SMILES string of the molecule is CCC1(CC)CN(c2ccc(Br)cc2C#N)C1. The van der Waals surface area contributed by atoms with Gasteiger partial charge in [0.2, 0.25) is 0 Å². The fourth-order valence-electron chi connectivity index (χ4n) is 2.50. The molecular weight excluding hydrogens is 276 g/mol. The minimum atomic E-state index is 0.472. The first kappa shape index (κ1) is 12.4. The third-order valence-electron chi connectivity index (χ3n) is 3.97. The fourth-order valence-corrected chi connectivity index (χ4v) is 2.87. The Hall–Kier alpha value is -1.01. The molecular formula is C14H17BrN2. The molecule has 0 saturated carbocycles. The van der Waals surface area contributed by atoms with E-state index >= 15 is 0 Å². The first-order valence-electron chi connectivity index (χ1n) is 6.09. The van der Waals surface area contributed by atoms with E-state index in [1.165, 1.54) is 12.8 Å². The molecule has 0 radical (unpaired) electrons. The first-order chi connectivity index (χ1) is 8.14. The van der Waals surface area contributed by atoms with Gasteiger partial charge in [0.1, 0.15) is 6.07 Å². The van der Waals surface area contributed by atoms with Gasteiger partial charge >= 0.3 is 0 Å². The van der Waals surface area contributed by atoms with Crippen LogP contribution < -0.4 is 4.90 Å². The monoisotopic (exact) mass is 292 g/mol. The Bertz CT molecular complexity index is 450. The van der Waals surface area contributed by atoms with E-state index in [4.69, 9.17) is 5.26 Å². The molecule has 0 amide bonds. The lowest BCUT2D eigenvalue weighted by molar-refractivity contribution is 0.194. The molecule has 2 rings (SSSR count). The van der Waals surface area contributed by atoms with Crippen LogP contribution in [-0.2, 0) is 0 Å². The van der Waals surface area contributed by atoms with E-state index in [0.29, 0.717) is 5.41 Å². The largest absolute Gasteiger partial charge is 0.369 e. The number of anilines is 1. The molecule has 0 N–H and O–H groups in total. The lowest BCUT2D eigenvalue weighted by Crippen LogP contribution is -2.56. The molecule has 1 aromatic rings. The number of nitriles is 1. The van der Waals surface area contributed by atoms with Gasteiger partial charge in [-0.3, -0.25) is 0 Å². The zero-order valence-electron chi connectivity index (χ0n) is 10.3. The number of benzene rings is 1. The van der Waals surface area contributed by atoms with Crippen LogP contribution in [0.1, 0.15) is 32.3 Å².